The molecule has 182 valence electrons. The molecule has 1 aromatic carbocycles. The van der Waals surface area contributed by atoms with Crippen LogP contribution in [0.1, 0.15) is 65.1 Å². The fraction of sp³-hybridized carbons (Fsp3) is 0.731. The minimum atomic E-state index is -1.78. The third-order valence-corrected chi connectivity index (χ3v) is 11.7. The highest BCUT2D eigenvalue weighted by atomic mass is 28.4. The van der Waals surface area contributed by atoms with E-state index in [1.54, 1.807) is 14.2 Å². The van der Waals surface area contributed by atoms with E-state index in [1.165, 1.54) is 11.1 Å². The molecular formula is C26H46N2O3Si. The van der Waals surface area contributed by atoms with Gasteiger partial charge in [-0.2, -0.15) is 0 Å². The summed E-state index contributed by atoms with van der Waals surface area (Å²) in [5.41, 5.74) is 2.78. The van der Waals surface area contributed by atoms with E-state index in [-0.39, 0.29) is 22.5 Å². The number of ether oxygens (including phenoxy) is 2. The summed E-state index contributed by atoms with van der Waals surface area (Å²) < 4.78 is 17.5. The summed E-state index contributed by atoms with van der Waals surface area (Å²) in [7, 11) is 1.70. The first-order valence-corrected chi connectivity index (χ1v) is 14.8. The van der Waals surface area contributed by atoms with Gasteiger partial charge in [-0.15, -0.1) is 0 Å². The summed E-state index contributed by atoms with van der Waals surface area (Å²) in [5, 5.41) is 0.214. The summed E-state index contributed by atoms with van der Waals surface area (Å²) in [6.07, 6.45) is 4.00. The van der Waals surface area contributed by atoms with Crippen LogP contribution >= 0.6 is 0 Å². The molecule has 0 N–H and O–H groups in total. The summed E-state index contributed by atoms with van der Waals surface area (Å²) in [4.78, 5) is 7.38. The van der Waals surface area contributed by atoms with Crippen LogP contribution in [0.4, 0.5) is 0 Å². The molecule has 1 heterocycles. The van der Waals surface area contributed by atoms with Gasteiger partial charge in [-0.05, 0) is 59.6 Å². The van der Waals surface area contributed by atoms with E-state index in [0.717, 1.165) is 31.7 Å². The maximum Gasteiger partial charge on any atom is 0.191 e. The van der Waals surface area contributed by atoms with Crippen molar-refractivity contribution in [1.82, 2.24) is 4.90 Å². The number of rotatable bonds is 9. The lowest BCUT2D eigenvalue weighted by atomic mass is 9.87. The van der Waals surface area contributed by atoms with Crippen molar-refractivity contribution in [3.8, 4) is 5.75 Å². The second-order valence-corrected chi connectivity index (χ2v) is 16.4. The van der Waals surface area contributed by atoms with Gasteiger partial charge in [-0.25, -0.2) is 0 Å². The molecule has 1 aliphatic heterocycles. The Labute approximate surface area is 197 Å². The van der Waals surface area contributed by atoms with E-state index in [2.05, 4.69) is 84.1 Å². The zero-order valence-electron chi connectivity index (χ0n) is 22.1. The van der Waals surface area contributed by atoms with Gasteiger partial charge in [-0.1, -0.05) is 47.6 Å². The van der Waals surface area contributed by atoms with E-state index in [9.17, 15) is 0 Å². The number of benzene rings is 1. The fourth-order valence-electron chi connectivity index (χ4n) is 3.78. The van der Waals surface area contributed by atoms with Crippen LogP contribution in [0.25, 0.3) is 0 Å². The first-order chi connectivity index (χ1) is 14.8. The van der Waals surface area contributed by atoms with Crippen molar-refractivity contribution in [1.29, 1.82) is 0 Å². The molecule has 0 bridgehead atoms. The Bertz CT molecular complexity index is 765. The standard InChI is InChI=1S/C26H46N2O3Si/c1-25(2,3)24(18-29-7)27-19-28-15-13-20-17-21(30-8)11-12-22(20)23(28)14-16-31-32(9,10)26(4,5)6/h11-12,17,19,23-24H,13-16,18H2,1-10H3/t23-,24+/m0/s1. The van der Waals surface area contributed by atoms with Crippen LogP contribution in [-0.2, 0) is 15.6 Å². The van der Waals surface area contributed by atoms with Gasteiger partial charge in [-0.3, -0.25) is 4.99 Å². The lowest BCUT2D eigenvalue weighted by molar-refractivity contribution is 0.135. The Kier molecular flexibility index (Phi) is 8.99. The normalized spacial score (nSPS) is 18.7. The van der Waals surface area contributed by atoms with E-state index in [4.69, 9.17) is 18.9 Å². The summed E-state index contributed by atoms with van der Waals surface area (Å²) in [6.45, 7) is 20.5. The van der Waals surface area contributed by atoms with Gasteiger partial charge in [0.15, 0.2) is 8.32 Å². The Morgan fingerprint density at radius 3 is 2.41 bits per heavy atom. The Morgan fingerprint density at radius 1 is 1.16 bits per heavy atom. The van der Waals surface area contributed by atoms with Crippen molar-refractivity contribution < 1.29 is 13.9 Å². The fourth-order valence-corrected chi connectivity index (χ4v) is 4.84. The highest BCUT2D eigenvalue weighted by Crippen LogP contribution is 2.38. The van der Waals surface area contributed by atoms with Crippen molar-refractivity contribution in [2.45, 2.75) is 84.6 Å². The number of aliphatic imine (C=N–C) groups is 1. The number of nitrogens with zero attached hydrogens (tertiary/aromatic N) is 2. The average Bonchev–Trinajstić information content (AvgIpc) is 2.69. The molecule has 32 heavy (non-hydrogen) atoms. The van der Waals surface area contributed by atoms with E-state index < -0.39 is 8.32 Å². The molecule has 0 aromatic heterocycles. The topological polar surface area (TPSA) is 43.3 Å². The van der Waals surface area contributed by atoms with Crippen molar-refractivity contribution in [3.63, 3.8) is 0 Å². The predicted octanol–water partition coefficient (Wildman–Crippen LogP) is 6.10. The molecule has 0 saturated heterocycles. The number of hydrogen-bond acceptors (Lipinski definition) is 4. The largest absolute Gasteiger partial charge is 0.497 e. The third kappa shape index (κ3) is 6.81. The molecule has 2 rings (SSSR count). The quantitative estimate of drug-likeness (QED) is 0.253. The van der Waals surface area contributed by atoms with Gasteiger partial charge < -0.3 is 18.8 Å². The van der Waals surface area contributed by atoms with Gasteiger partial charge in [0.05, 0.1) is 32.1 Å². The molecule has 1 aromatic rings. The molecular weight excluding hydrogens is 416 g/mol. The van der Waals surface area contributed by atoms with E-state index >= 15 is 0 Å². The predicted molar refractivity (Wildman–Crippen MR) is 138 cm³/mol. The van der Waals surface area contributed by atoms with Crippen molar-refractivity contribution in [2.24, 2.45) is 10.4 Å². The average molecular weight is 463 g/mol. The van der Waals surface area contributed by atoms with Gasteiger partial charge in [0.1, 0.15) is 5.75 Å². The highest BCUT2D eigenvalue weighted by molar-refractivity contribution is 6.74. The number of fused-ring (bicyclic) bond motifs is 1. The molecule has 0 saturated carbocycles. The van der Waals surface area contributed by atoms with Crippen molar-refractivity contribution >= 4 is 14.7 Å². The molecule has 0 amide bonds. The maximum absolute atomic E-state index is 6.55. The molecule has 0 unspecified atom stereocenters. The lowest BCUT2D eigenvalue weighted by Crippen LogP contribution is -2.42. The van der Waals surface area contributed by atoms with Crippen LogP contribution in [0, 0.1) is 5.41 Å². The first-order valence-electron chi connectivity index (χ1n) is 11.9. The van der Waals surface area contributed by atoms with Gasteiger partial charge in [0, 0.05) is 20.3 Å². The van der Waals surface area contributed by atoms with Crippen molar-refractivity contribution in [2.75, 3.05) is 34.0 Å². The first kappa shape index (κ1) is 26.9. The molecule has 0 fully saturated rings. The Morgan fingerprint density at radius 2 is 1.84 bits per heavy atom. The van der Waals surface area contributed by atoms with Crippen LogP contribution in [-0.4, -0.2) is 59.6 Å². The van der Waals surface area contributed by atoms with Crippen molar-refractivity contribution in [3.05, 3.63) is 29.3 Å². The summed E-state index contributed by atoms with van der Waals surface area (Å²) >= 11 is 0. The Hall–Kier alpha value is -1.37. The molecule has 2 atom stereocenters. The van der Waals surface area contributed by atoms with Crippen LogP contribution in [0.15, 0.2) is 23.2 Å². The minimum absolute atomic E-state index is 0.0501. The minimum Gasteiger partial charge on any atom is -0.497 e. The van der Waals surface area contributed by atoms with Crippen LogP contribution in [0.5, 0.6) is 5.75 Å². The molecule has 0 radical (unpaired) electrons. The third-order valence-electron chi connectivity index (χ3n) is 7.13. The SMILES string of the molecule is COC[C@@H](N=CN1CCc2cc(OC)ccc2[C@@H]1CCO[Si](C)(C)C(C)(C)C)C(C)(C)C. The Balaban J connectivity index is 2.26. The monoisotopic (exact) mass is 462 g/mol. The lowest BCUT2D eigenvalue weighted by Gasteiger charge is -2.39. The molecule has 6 heteroatoms. The van der Waals surface area contributed by atoms with E-state index in [1.807, 2.05) is 0 Å². The second-order valence-electron chi connectivity index (χ2n) is 11.6. The van der Waals surface area contributed by atoms with Gasteiger partial charge in [0.2, 0.25) is 0 Å². The highest BCUT2D eigenvalue weighted by Gasteiger charge is 2.37. The molecule has 5 nitrogen and oxygen atoms in total. The number of methoxy groups -OCH3 is 2. The second kappa shape index (κ2) is 10.7. The summed E-state index contributed by atoms with van der Waals surface area (Å²) in [5.74, 6) is 0.926. The molecule has 1 aliphatic rings. The maximum atomic E-state index is 6.55. The van der Waals surface area contributed by atoms with Gasteiger partial charge in [0.25, 0.3) is 0 Å². The number of hydrogen-bond donors (Lipinski definition) is 0. The molecule has 0 aliphatic carbocycles. The smallest absolute Gasteiger partial charge is 0.191 e. The van der Waals surface area contributed by atoms with Crippen LogP contribution in [0.2, 0.25) is 18.1 Å². The zero-order chi connectivity index (χ0) is 24.2. The zero-order valence-corrected chi connectivity index (χ0v) is 23.1. The van der Waals surface area contributed by atoms with Crippen LogP contribution < -0.4 is 4.74 Å². The summed E-state index contributed by atoms with van der Waals surface area (Å²) in [6, 6.07) is 6.86. The van der Waals surface area contributed by atoms with Gasteiger partial charge >= 0.3 is 0 Å². The molecule has 0 spiro atoms. The van der Waals surface area contributed by atoms with Crippen LogP contribution in [0.3, 0.4) is 0 Å². The van der Waals surface area contributed by atoms with E-state index in [0.29, 0.717) is 6.61 Å².